The van der Waals surface area contributed by atoms with Crippen molar-refractivity contribution in [3.05, 3.63) is 54.4 Å². The Kier molecular flexibility index (Phi) is 3.31. The first-order valence-electron chi connectivity index (χ1n) is 7.81. The van der Waals surface area contributed by atoms with Crippen LogP contribution in [0.5, 0.6) is 0 Å². The van der Waals surface area contributed by atoms with Gasteiger partial charge >= 0.3 is 0 Å². The molecule has 3 heterocycles. The number of aromatic nitrogens is 2. The van der Waals surface area contributed by atoms with Crippen LogP contribution < -0.4 is 10.2 Å². The molecule has 22 heavy (non-hydrogen) atoms. The zero-order valence-electron chi connectivity index (χ0n) is 12.8. The number of nitrogens with zero attached hydrogens (tertiary/aromatic N) is 3. The lowest BCUT2D eigenvalue weighted by Crippen LogP contribution is -2.43. The first-order valence-corrected chi connectivity index (χ1v) is 7.81. The van der Waals surface area contributed by atoms with Gasteiger partial charge in [-0.2, -0.15) is 0 Å². The first kappa shape index (κ1) is 13.3. The molecule has 0 atom stereocenters. The molecule has 0 unspecified atom stereocenters. The van der Waals surface area contributed by atoms with Gasteiger partial charge < -0.3 is 10.2 Å². The van der Waals surface area contributed by atoms with Crippen molar-refractivity contribution in [2.75, 3.05) is 31.1 Å². The highest BCUT2D eigenvalue weighted by Crippen LogP contribution is 2.24. The van der Waals surface area contributed by atoms with E-state index in [1.54, 1.807) is 0 Å². The lowest BCUT2D eigenvalue weighted by atomic mass is 10.1. The first-order chi connectivity index (χ1) is 10.8. The van der Waals surface area contributed by atoms with Gasteiger partial charge in [0.1, 0.15) is 5.82 Å². The van der Waals surface area contributed by atoms with E-state index in [0.29, 0.717) is 0 Å². The molecule has 0 spiro atoms. The largest absolute Gasteiger partial charge is 0.369 e. The van der Waals surface area contributed by atoms with Gasteiger partial charge in [-0.05, 0) is 19.1 Å². The Bertz CT molecular complexity index is 782. The smallest absolute Gasteiger partial charge is 0.144 e. The number of anilines is 1. The van der Waals surface area contributed by atoms with Crippen LogP contribution in [-0.2, 0) is 0 Å². The molecule has 1 aliphatic heterocycles. The van der Waals surface area contributed by atoms with Gasteiger partial charge in [-0.1, -0.05) is 29.8 Å². The van der Waals surface area contributed by atoms with Crippen LogP contribution in [0.2, 0.25) is 0 Å². The Morgan fingerprint density at radius 2 is 1.82 bits per heavy atom. The predicted octanol–water partition coefficient (Wildman–Crippen LogP) is 2.72. The summed E-state index contributed by atoms with van der Waals surface area (Å²) in [5.74, 6) is 1.00. The fraction of sp³-hybridized carbons (Fsp3) is 0.278. The van der Waals surface area contributed by atoms with E-state index in [2.05, 4.69) is 69.1 Å². The van der Waals surface area contributed by atoms with E-state index in [-0.39, 0.29) is 0 Å². The summed E-state index contributed by atoms with van der Waals surface area (Å²) in [6.07, 6.45) is 4.09. The second-order valence-corrected chi connectivity index (χ2v) is 5.86. The van der Waals surface area contributed by atoms with Gasteiger partial charge in [0.05, 0.1) is 11.7 Å². The summed E-state index contributed by atoms with van der Waals surface area (Å²) in [5, 5.41) is 3.39. The number of nitrogens with one attached hydrogen (secondary N) is 1. The van der Waals surface area contributed by atoms with E-state index in [1.165, 1.54) is 11.3 Å². The van der Waals surface area contributed by atoms with E-state index in [0.717, 1.165) is 43.1 Å². The van der Waals surface area contributed by atoms with Crippen molar-refractivity contribution in [2.24, 2.45) is 0 Å². The van der Waals surface area contributed by atoms with Crippen LogP contribution in [0.1, 0.15) is 5.56 Å². The molecule has 1 saturated heterocycles. The minimum Gasteiger partial charge on any atom is -0.369 e. The van der Waals surface area contributed by atoms with Crippen LogP contribution in [-0.4, -0.2) is 35.6 Å². The molecule has 1 fully saturated rings. The van der Waals surface area contributed by atoms with Gasteiger partial charge in [0.15, 0.2) is 0 Å². The molecule has 4 heteroatoms. The molecular weight excluding hydrogens is 272 g/mol. The number of piperazine rings is 1. The molecule has 112 valence electrons. The summed E-state index contributed by atoms with van der Waals surface area (Å²) < 4.78 is 2.16. The number of hydrogen-bond donors (Lipinski definition) is 1. The number of imidazole rings is 1. The topological polar surface area (TPSA) is 32.6 Å². The van der Waals surface area contributed by atoms with Crippen LogP contribution in [0.3, 0.4) is 0 Å². The lowest BCUT2D eigenvalue weighted by Gasteiger charge is -2.29. The second kappa shape index (κ2) is 5.46. The maximum absolute atomic E-state index is 4.61. The van der Waals surface area contributed by atoms with Crippen LogP contribution in [0.15, 0.2) is 48.8 Å². The third-order valence-corrected chi connectivity index (χ3v) is 4.31. The lowest BCUT2D eigenvalue weighted by molar-refractivity contribution is 0.589. The minimum atomic E-state index is 1.00. The highest BCUT2D eigenvalue weighted by Gasteiger charge is 2.12. The SMILES string of the molecule is Cc1ccc(-c2ncc3cc(N4CCNCC4)ccn23)cc1. The standard InChI is InChI=1S/C18H20N4/c1-14-2-4-15(5-3-14)18-20-13-17-12-16(6-9-22(17)18)21-10-7-19-8-11-21/h2-6,9,12-13,19H,7-8,10-11H2,1H3. The van der Waals surface area contributed by atoms with Gasteiger partial charge in [0.2, 0.25) is 0 Å². The molecule has 4 rings (SSSR count). The Morgan fingerprint density at radius 1 is 1.05 bits per heavy atom. The molecule has 0 saturated carbocycles. The summed E-state index contributed by atoms with van der Waals surface area (Å²) in [7, 11) is 0. The fourth-order valence-corrected chi connectivity index (χ4v) is 3.02. The molecule has 0 aliphatic carbocycles. The van der Waals surface area contributed by atoms with E-state index >= 15 is 0 Å². The third-order valence-electron chi connectivity index (χ3n) is 4.31. The van der Waals surface area contributed by atoms with Crippen molar-refractivity contribution in [2.45, 2.75) is 6.92 Å². The van der Waals surface area contributed by atoms with Gasteiger partial charge in [-0.15, -0.1) is 0 Å². The number of hydrogen-bond acceptors (Lipinski definition) is 3. The minimum absolute atomic E-state index is 1.00. The van der Waals surface area contributed by atoms with Gasteiger partial charge in [-0.25, -0.2) is 4.98 Å². The van der Waals surface area contributed by atoms with Crippen molar-refractivity contribution < 1.29 is 0 Å². The van der Waals surface area contributed by atoms with Crippen molar-refractivity contribution in [1.29, 1.82) is 0 Å². The molecular formula is C18H20N4. The molecule has 3 aromatic rings. The molecule has 0 radical (unpaired) electrons. The average Bonchev–Trinajstić information content (AvgIpc) is 2.99. The average molecular weight is 292 g/mol. The van der Waals surface area contributed by atoms with E-state index < -0.39 is 0 Å². The highest BCUT2D eigenvalue weighted by molar-refractivity contribution is 5.66. The second-order valence-electron chi connectivity index (χ2n) is 5.86. The molecule has 1 N–H and O–H groups in total. The Balaban J connectivity index is 1.72. The fourth-order valence-electron chi connectivity index (χ4n) is 3.02. The van der Waals surface area contributed by atoms with E-state index in [1.807, 2.05) is 6.20 Å². The van der Waals surface area contributed by atoms with Gasteiger partial charge in [0.25, 0.3) is 0 Å². The predicted molar refractivity (Wildman–Crippen MR) is 90.4 cm³/mol. The summed E-state index contributed by atoms with van der Waals surface area (Å²) in [5.41, 5.74) is 4.85. The molecule has 1 aliphatic rings. The highest BCUT2D eigenvalue weighted by atomic mass is 15.2. The van der Waals surface area contributed by atoms with Crippen molar-refractivity contribution in [3.8, 4) is 11.4 Å². The third kappa shape index (κ3) is 2.35. The molecule has 1 aromatic carbocycles. The normalized spacial score (nSPS) is 15.4. The Hall–Kier alpha value is -2.33. The number of fused-ring (bicyclic) bond motifs is 1. The zero-order chi connectivity index (χ0) is 14.9. The van der Waals surface area contributed by atoms with Gasteiger partial charge in [-0.3, -0.25) is 4.40 Å². The van der Waals surface area contributed by atoms with E-state index in [9.17, 15) is 0 Å². The molecule has 0 bridgehead atoms. The number of rotatable bonds is 2. The maximum atomic E-state index is 4.61. The molecule has 0 amide bonds. The van der Waals surface area contributed by atoms with Crippen LogP contribution in [0, 0.1) is 6.92 Å². The molecule has 2 aromatic heterocycles. The van der Waals surface area contributed by atoms with Crippen molar-refractivity contribution in [3.63, 3.8) is 0 Å². The number of pyridine rings is 1. The van der Waals surface area contributed by atoms with Crippen LogP contribution in [0.4, 0.5) is 5.69 Å². The monoisotopic (exact) mass is 292 g/mol. The summed E-state index contributed by atoms with van der Waals surface area (Å²) in [6, 6.07) is 13.0. The molecule has 4 nitrogen and oxygen atoms in total. The Labute approximate surface area is 130 Å². The maximum Gasteiger partial charge on any atom is 0.144 e. The van der Waals surface area contributed by atoms with Crippen molar-refractivity contribution in [1.82, 2.24) is 14.7 Å². The number of benzene rings is 1. The summed E-state index contributed by atoms with van der Waals surface area (Å²) in [6.45, 7) is 6.34. The summed E-state index contributed by atoms with van der Waals surface area (Å²) in [4.78, 5) is 7.04. The van der Waals surface area contributed by atoms with E-state index in [4.69, 9.17) is 0 Å². The van der Waals surface area contributed by atoms with Gasteiger partial charge in [0, 0.05) is 43.6 Å². The zero-order valence-corrected chi connectivity index (χ0v) is 12.8. The van der Waals surface area contributed by atoms with Crippen LogP contribution in [0.25, 0.3) is 16.9 Å². The summed E-state index contributed by atoms with van der Waals surface area (Å²) >= 11 is 0. The quantitative estimate of drug-likeness (QED) is 0.788. The van der Waals surface area contributed by atoms with Crippen LogP contribution >= 0.6 is 0 Å². The van der Waals surface area contributed by atoms with Crippen molar-refractivity contribution >= 4 is 11.2 Å². The Morgan fingerprint density at radius 3 is 2.59 bits per heavy atom. The number of aryl methyl sites for hydroxylation is 1.